The van der Waals surface area contributed by atoms with Crippen LogP contribution in [0.2, 0.25) is 0 Å². The zero-order valence-electron chi connectivity index (χ0n) is 14.6. The van der Waals surface area contributed by atoms with Crippen molar-refractivity contribution in [2.75, 3.05) is 5.32 Å². The SMILES string of the molecule is O=C(Nc1ccc(Oc2ccc(Br)cc2)cc1)c1ccc(-n2cncn2)cc1. The molecule has 0 radical (unpaired) electrons. The molecule has 1 amide bonds. The summed E-state index contributed by atoms with van der Waals surface area (Å²) in [5, 5.41) is 6.94. The topological polar surface area (TPSA) is 69.0 Å². The minimum atomic E-state index is -0.188. The van der Waals surface area contributed by atoms with Crippen LogP contribution >= 0.6 is 15.9 Å². The first kappa shape index (κ1) is 17.9. The first-order valence-corrected chi connectivity index (χ1v) is 9.26. The molecule has 0 saturated heterocycles. The Bertz CT molecular complexity index is 1060. The quantitative estimate of drug-likeness (QED) is 0.475. The molecule has 1 aromatic heterocycles. The monoisotopic (exact) mass is 434 g/mol. The fraction of sp³-hybridized carbons (Fsp3) is 0. The van der Waals surface area contributed by atoms with Crippen LogP contribution in [0.3, 0.4) is 0 Å². The number of amides is 1. The summed E-state index contributed by atoms with van der Waals surface area (Å²) in [5.41, 5.74) is 2.08. The number of ether oxygens (including phenoxy) is 1. The third kappa shape index (κ3) is 4.27. The maximum atomic E-state index is 12.4. The Balaban J connectivity index is 1.39. The molecule has 1 heterocycles. The predicted octanol–water partition coefficient (Wildman–Crippen LogP) is 5.07. The van der Waals surface area contributed by atoms with Crippen molar-refractivity contribution in [3.05, 3.63) is 95.5 Å². The molecule has 3 aromatic carbocycles. The van der Waals surface area contributed by atoms with Gasteiger partial charge in [0.15, 0.2) is 0 Å². The molecule has 0 aliphatic carbocycles. The van der Waals surface area contributed by atoms with Crippen LogP contribution < -0.4 is 10.1 Å². The van der Waals surface area contributed by atoms with Crippen LogP contribution in [0.25, 0.3) is 5.69 Å². The van der Waals surface area contributed by atoms with E-state index in [-0.39, 0.29) is 5.91 Å². The second-order valence-electron chi connectivity index (χ2n) is 5.92. The van der Waals surface area contributed by atoms with Gasteiger partial charge in [-0.25, -0.2) is 9.67 Å². The van der Waals surface area contributed by atoms with Gasteiger partial charge >= 0.3 is 0 Å². The highest BCUT2D eigenvalue weighted by molar-refractivity contribution is 9.10. The van der Waals surface area contributed by atoms with Gasteiger partial charge in [-0.15, -0.1) is 0 Å². The van der Waals surface area contributed by atoms with Crippen LogP contribution in [0.4, 0.5) is 5.69 Å². The van der Waals surface area contributed by atoms with Crippen LogP contribution in [-0.4, -0.2) is 20.7 Å². The van der Waals surface area contributed by atoms with Gasteiger partial charge in [0, 0.05) is 15.7 Å². The summed E-state index contributed by atoms with van der Waals surface area (Å²) in [5.74, 6) is 1.25. The zero-order valence-corrected chi connectivity index (χ0v) is 16.2. The molecule has 0 fully saturated rings. The summed E-state index contributed by atoms with van der Waals surface area (Å²) in [7, 11) is 0. The molecular formula is C21H15BrN4O2. The van der Waals surface area contributed by atoms with Crippen molar-refractivity contribution >= 4 is 27.5 Å². The van der Waals surface area contributed by atoms with Gasteiger partial charge in [-0.05, 0) is 72.8 Å². The summed E-state index contributed by atoms with van der Waals surface area (Å²) in [6, 6.07) is 21.9. The Hall–Kier alpha value is -3.45. The number of hydrogen-bond donors (Lipinski definition) is 1. The molecule has 6 nitrogen and oxygen atoms in total. The van der Waals surface area contributed by atoms with Gasteiger partial charge in [0.1, 0.15) is 24.2 Å². The molecule has 0 bridgehead atoms. The highest BCUT2D eigenvalue weighted by atomic mass is 79.9. The van der Waals surface area contributed by atoms with E-state index in [0.29, 0.717) is 17.0 Å². The van der Waals surface area contributed by atoms with Crippen LogP contribution in [0.15, 0.2) is 89.9 Å². The molecule has 138 valence electrons. The second-order valence-corrected chi connectivity index (χ2v) is 6.84. The number of hydrogen-bond acceptors (Lipinski definition) is 4. The smallest absolute Gasteiger partial charge is 0.255 e. The fourth-order valence-electron chi connectivity index (χ4n) is 2.56. The van der Waals surface area contributed by atoms with E-state index in [2.05, 4.69) is 31.3 Å². The number of halogens is 1. The molecule has 0 spiro atoms. The van der Waals surface area contributed by atoms with Gasteiger partial charge in [0.05, 0.1) is 5.69 Å². The van der Waals surface area contributed by atoms with E-state index < -0.39 is 0 Å². The average Bonchev–Trinajstić information content (AvgIpc) is 3.26. The molecule has 0 aliphatic rings. The lowest BCUT2D eigenvalue weighted by Gasteiger charge is -2.09. The van der Waals surface area contributed by atoms with Crippen molar-refractivity contribution in [3.63, 3.8) is 0 Å². The standard InChI is InChI=1S/C21H15BrN4O2/c22-16-3-9-19(10-4-16)28-20-11-5-17(6-12-20)25-21(27)15-1-7-18(8-2-15)26-14-23-13-24-26/h1-14H,(H,25,27). The predicted molar refractivity (Wildman–Crippen MR) is 110 cm³/mol. The van der Waals surface area contributed by atoms with Crippen LogP contribution in [0.1, 0.15) is 10.4 Å². The number of anilines is 1. The van der Waals surface area contributed by atoms with Crippen LogP contribution in [-0.2, 0) is 0 Å². The highest BCUT2D eigenvalue weighted by Gasteiger charge is 2.07. The molecule has 0 unspecified atom stereocenters. The van der Waals surface area contributed by atoms with E-state index in [0.717, 1.165) is 15.9 Å². The number of benzene rings is 3. The zero-order chi connectivity index (χ0) is 19.3. The lowest BCUT2D eigenvalue weighted by molar-refractivity contribution is 0.102. The number of nitrogens with one attached hydrogen (secondary N) is 1. The molecule has 7 heteroatoms. The largest absolute Gasteiger partial charge is 0.457 e. The van der Waals surface area contributed by atoms with E-state index in [4.69, 9.17) is 4.74 Å². The van der Waals surface area contributed by atoms with E-state index in [1.165, 1.54) is 6.33 Å². The van der Waals surface area contributed by atoms with Crippen LogP contribution in [0.5, 0.6) is 11.5 Å². The van der Waals surface area contributed by atoms with E-state index >= 15 is 0 Å². The van der Waals surface area contributed by atoms with E-state index in [1.807, 2.05) is 48.5 Å². The summed E-state index contributed by atoms with van der Waals surface area (Å²) in [6.45, 7) is 0. The maximum absolute atomic E-state index is 12.4. The molecule has 4 rings (SSSR count). The van der Waals surface area contributed by atoms with Gasteiger partial charge in [0.25, 0.3) is 5.91 Å². The average molecular weight is 435 g/mol. The lowest BCUT2D eigenvalue weighted by Crippen LogP contribution is -2.11. The Morgan fingerprint density at radius 1 is 0.893 bits per heavy atom. The Morgan fingerprint density at radius 2 is 1.54 bits per heavy atom. The number of carbonyl (C=O) groups is 1. The Morgan fingerprint density at radius 3 is 2.14 bits per heavy atom. The van der Waals surface area contributed by atoms with Gasteiger partial charge in [-0.3, -0.25) is 4.79 Å². The minimum Gasteiger partial charge on any atom is -0.457 e. The van der Waals surface area contributed by atoms with Crippen molar-refractivity contribution in [3.8, 4) is 17.2 Å². The van der Waals surface area contributed by atoms with E-state index in [9.17, 15) is 4.79 Å². The van der Waals surface area contributed by atoms with Crippen molar-refractivity contribution in [1.82, 2.24) is 14.8 Å². The molecule has 0 aliphatic heterocycles. The summed E-state index contributed by atoms with van der Waals surface area (Å²) < 4.78 is 8.40. The van der Waals surface area contributed by atoms with Crippen LogP contribution in [0, 0.1) is 0 Å². The molecule has 0 atom stereocenters. The third-order valence-corrected chi connectivity index (χ3v) is 4.50. The fourth-order valence-corrected chi connectivity index (χ4v) is 2.82. The number of aromatic nitrogens is 3. The maximum Gasteiger partial charge on any atom is 0.255 e. The molecule has 4 aromatic rings. The first-order chi connectivity index (χ1) is 13.7. The number of nitrogens with zero attached hydrogens (tertiary/aromatic N) is 3. The van der Waals surface area contributed by atoms with Crippen molar-refractivity contribution in [1.29, 1.82) is 0 Å². The second kappa shape index (κ2) is 8.06. The van der Waals surface area contributed by atoms with Gasteiger partial charge in [0.2, 0.25) is 0 Å². The minimum absolute atomic E-state index is 0.188. The van der Waals surface area contributed by atoms with E-state index in [1.54, 1.807) is 35.3 Å². The summed E-state index contributed by atoms with van der Waals surface area (Å²) in [4.78, 5) is 16.3. The van der Waals surface area contributed by atoms with Gasteiger partial charge in [-0.2, -0.15) is 5.10 Å². The molecule has 0 saturated carbocycles. The normalized spacial score (nSPS) is 10.5. The lowest BCUT2D eigenvalue weighted by atomic mass is 10.2. The van der Waals surface area contributed by atoms with Crippen molar-refractivity contribution in [2.45, 2.75) is 0 Å². The van der Waals surface area contributed by atoms with Gasteiger partial charge < -0.3 is 10.1 Å². The summed E-state index contributed by atoms with van der Waals surface area (Å²) in [6.07, 6.45) is 3.07. The number of carbonyl (C=O) groups excluding carboxylic acids is 1. The first-order valence-electron chi connectivity index (χ1n) is 8.47. The van der Waals surface area contributed by atoms with Crippen molar-refractivity contribution < 1.29 is 9.53 Å². The molecule has 28 heavy (non-hydrogen) atoms. The summed E-state index contributed by atoms with van der Waals surface area (Å²) >= 11 is 3.39. The van der Waals surface area contributed by atoms with Crippen molar-refractivity contribution in [2.24, 2.45) is 0 Å². The van der Waals surface area contributed by atoms with Gasteiger partial charge in [-0.1, -0.05) is 15.9 Å². The third-order valence-electron chi connectivity index (χ3n) is 3.97. The Kier molecular flexibility index (Phi) is 5.16. The molecule has 1 N–H and O–H groups in total. The highest BCUT2D eigenvalue weighted by Crippen LogP contribution is 2.24. The molecular weight excluding hydrogens is 420 g/mol. The Labute approximate surface area is 169 Å². The number of rotatable bonds is 5.